The summed E-state index contributed by atoms with van der Waals surface area (Å²) in [6, 6.07) is 0.158. The van der Waals surface area contributed by atoms with E-state index in [4.69, 9.17) is 0 Å². The fraction of sp³-hybridized carbons (Fsp3) is 0.857. The summed E-state index contributed by atoms with van der Waals surface area (Å²) < 4.78 is 0. The summed E-state index contributed by atoms with van der Waals surface area (Å²) in [5, 5.41) is 6.29. The molecule has 7 nitrogen and oxygen atoms in total. The minimum atomic E-state index is -0.206. The molecule has 3 amide bonds. The molecule has 0 radical (unpaired) electrons. The van der Waals surface area contributed by atoms with Gasteiger partial charge in [-0.1, -0.05) is 13.3 Å². The van der Waals surface area contributed by atoms with Gasteiger partial charge in [0.05, 0.1) is 12.0 Å². The van der Waals surface area contributed by atoms with Gasteiger partial charge in [-0.2, -0.15) is 0 Å². The number of carbonyl (C=O) groups is 3. The van der Waals surface area contributed by atoms with Crippen molar-refractivity contribution in [3.05, 3.63) is 0 Å². The number of carbonyl (C=O) groups excluding carboxylic acids is 3. The Balaban J connectivity index is 0.00000300. The highest BCUT2D eigenvalue weighted by Gasteiger charge is 2.39. The number of halogens is 1. The molecule has 3 rings (SSSR count). The van der Waals surface area contributed by atoms with Crippen LogP contribution in [0.3, 0.4) is 0 Å². The van der Waals surface area contributed by atoms with Crippen LogP contribution in [0.4, 0.5) is 0 Å². The van der Waals surface area contributed by atoms with Crippen LogP contribution >= 0.6 is 12.4 Å². The second-order valence-corrected chi connectivity index (χ2v) is 8.77. The second-order valence-electron chi connectivity index (χ2n) is 8.77. The Hall–Kier alpha value is -1.34. The van der Waals surface area contributed by atoms with Gasteiger partial charge in [0.15, 0.2) is 0 Å². The zero-order valence-electron chi connectivity index (χ0n) is 17.8. The quantitative estimate of drug-likeness (QED) is 0.644. The normalized spacial score (nSPS) is 28.2. The third-order valence-electron chi connectivity index (χ3n) is 6.52. The van der Waals surface area contributed by atoms with Gasteiger partial charge < -0.3 is 20.4 Å². The topological polar surface area (TPSA) is 81.8 Å². The lowest BCUT2D eigenvalue weighted by atomic mass is 9.96. The minimum absolute atomic E-state index is 0. The Kier molecular flexibility index (Phi) is 9.21. The van der Waals surface area contributed by atoms with E-state index in [0.29, 0.717) is 32.0 Å². The average molecular weight is 429 g/mol. The summed E-state index contributed by atoms with van der Waals surface area (Å²) in [4.78, 5) is 41.4. The maximum atomic E-state index is 13.0. The van der Waals surface area contributed by atoms with Gasteiger partial charge in [0, 0.05) is 38.6 Å². The van der Waals surface area contributed by atoms with E-state index in [9.17, 15) is 14.4 Å². The molecule has 4 atom stereocenters. The second kappa shape index (κ2) is 11.2. The van der Waals surface area contributed by atoms with Gasteiger partial charge in [-0.15, -0.1) is 12.4 Å². The number of likely N-dealkylation sites (tertiary alicyclic amines) is 2. The summed E-state index contributed by atoms with van der Waals surface area (Å²) in [5.41, 5.74) is 0. The van der Waals surface area contributed by atoms with Crippen molar-refractivity contribution in [2.45, 2.75) is 70.9 Å². The van der Waals surface area contributed by atoms with E-state index < -0.39 is 0 Å². The molecular weight excluding hydrogens is 392 g/mol. The van der Waals surface area contributed by atoms with Crippen LogP contribution in [0.2, 0.25) is 0 Å². The Morgan fingerprint density at radius 3 is 2.72 bits per heavy atom. The van der Waals surface area contributed by atoms with Crippen LogP contribution in [0.25, 0.3) is 0 Å². The summed E-state index contributed by atoms with van der Waals surface area (Å²) in [6.07, 6.45) is 6.32. The molecule has 0 aliphatic carbocycles. The van der Waals surface area contributed by atoms with Crippen LogP contribution in [0.15, 0.2) is 0 Å². The molecule has 29 heavy (non-hydrogen) atoms. The number of hydrogen-bond donors (Lipinski definition) is 2. The standard InChI is InChI=1S/C21H36N4O3.ClH/c1-3-6-15(2)25-14-17(11-19(25)26)21(28)24-10-5-7-16(13-24)12-23-20(27)18-8-4-9-22-18;/h15-18,22H,3-14H2,1-2H3,(H,23,27);1H. The van der Waals surface area contributed by atoms with Crippen LogP contribution in [-0.2, 0) is 14.4 Å². The van der Waals surface area contributed by atoms with Crippen molar-refractivity contribution in [2.24, 2.45) is 11.8 Å². The van der Waals surface area contributed by atoms with E-state index in [1.165, 1.54) is 0 Å². The molecule has 0 aromatic carbocycles. The molecule has 0 saturated carbocycles. The van der Waals surface area contributed by atoms with Crippen molar-refractivity contribution in [3.63, 3.8) is 0 Å². The fourth-order valence-electron chi connectivity index (χ4n) is 4.86. The van der Waals surface area contributed by atoms with Gasteiger partial charge in [0.1, 0.15) is 0 Å². The van der Waals surface area contributed by atoms with Crippen LogP contribution in [-0.4, -0.2) is 72.3 Å². The summed E-state index contributed by atoms with van der Waals surface area (Å²) in [6.45, 7) is 7.75. The summed E-state index contributed by atoms with van der Waals surface area (Å²) in [5.74, 6) is 0.415. The van der Waals surface area contributed by atoms with Crippen molar-refractivity contribution in [1.82, 2.24) is 20.4 Å². The molecule has 3 heterocycles. The summed E-state index contributed by atoms with van der Waals surface area (Å²) in [7, 11) is 0. The van der Waals surface area contributed by atoms with Crippen molar-refractivity contribution in [2.75, 3.05) is 32.7 Å². The van der Waals surface area contributed by atoms with Gasteiger partial charge in [0.2, 0.25) is 17.7 Å². The van der Waals surface area contributed by atoms with E-state index >= 15 is 0 Å². The molecule has 0 aromatic heterocycles. The predicted molar refractivity (Wildman–Crippen MR) is 115 cm³/mol. The maximum absolute atomic E-state index is 13.0. The van der Waals surface area contributed by atoms with Crippen LogP contribution in [0, 0.1) is 11.8 Å². The molecule has 0 bridgehead atoms. The molecule has 3 saturated heterocycles. The van der Waals surface area contributed by atoms with Crippen LogP contribution in [0.1, 0.15) is 58.8 Å². The smallest absolute Gasteiger partial charge is 0.237 e. The lowest BCUT2D eigenvalue weighted by molar-refractivity contribution is -0.137. The number of piperidine rings is 1. The number of nitrogens with zero attached hydrogens (tertiary/aromatic N) is 2. The number of amides is 3. The Morgan fingerprint density at radius 1 is 1.24 bits per heavy atom. The van der Waals surface area contributed by atoms with Crippen molar-refractivity contribution in [1.29, 1.82) is 0 Å². The number of nitrogens with one attached hydrogen (secondary N) is 2. The summed E-state index contributed by atoms with van der Waals surface area (Å²) >= 11 is 0. The van der Waals surface area contributed by atoms with E-state index in [-0.39, 0.29) is 48.1 Å². The minimum Gasteiger partial charge on any atom is -0.354 e. The van der Waals surface area contributed by atoms with Crippen LogP contribution < -0.4 is 10.6 Å². The first-order chi connectivity index (χ1) is 13.5. The van der Waals surface area contributed by atoms with Gasteiger partial charge in [0.25, 0.3) is 0 Å². The molecule has 3 fully saturated rings. The van der Waals surface area contributed by atoms with Crippen LogP contribution in [0.5, 0.6) is 0 Å². The van der Waals surface area contributed by atoms with Gasteiger partial charge in [-0.3, -0.25) is 14.4 Å². The monoisotopic (exact) mass is 428 g/mol. The first kappa shape index (κ1) is 23.9. The first-order valence-corrected chi connectivity index (χ1v) is 11.1. The largest absolute Gasteiger partial charge is 0.354 e. The Morgan fingerprint density at radius 2 is 2.03 bits per heavy atom. The molecule has 0 aromatic rings. The number of rotatable bonds is 7. The molecule has 2 N–H and O–H groups in total. The van der Waals surface area contributed by atoms with E-state index in [2.05, 4.69) is 24.5 Å². The Bertz CT molecular complexity index is 582. The molecule has 4 unspecified atom stereocenters. The third-order valence-corrected chi connectivity index (χ3v) is 6.52. The highest BCUT2D eigenvalue weighted by molar-refractivity contribution is 5.89. The molecule has 3 aliphatic heterocycles. The zero-order valence-corrected chi connectivity index (χ0v) is 18.6. The molecule has 0 spiro atoms. The highest BCUT2D eigenvalue weighted by atomic mass is 35.5. The zero-order chi connectivity index (χ0) is 20.1. The van der Waals surface area contributed by atoms with Gasteiger partial charge in [-0.25, -0.2) is 0 Å². The fourth-order valence-corrected chi connectivity index (χ4v) is 4.86. The SMILES string of the molecule is CCCC(C)N1CC(C(=O)N2CCCC(CNC(=O)C3CCCN3)C2)CC1=O.Cl. The number of hydrogen-bond acceptors (Lipinski definition) is 4. The van der Waals surface area contributed by atoms with Crippen molar-refractivity contribution in [3.8, 4) is 0 Å². The van der Waals surface area contributed by atoms with E-state index in [1.807, 2.05) is 9.80 Å². The predicted octanol–water partition coefficient (Wildman–Crippen LogP) is 1.55. The highest BCUT2D eigenvalue weighted by Crippen LogP contribution is 2.26. The lowest BCUT2D eigenvalue weighted by Crippen LogP contribution is -2.48. The van der Waals surface area contributed by atoms with Gasteiger partial charge in [-0.05, 0) is 51.5 Å². The van der Waals surface area contributed by atoms with E-state index in [1.54, 1.807) is 0 Å². The maximum Gasteiger partial charge on any atom is 0.237 e. The van der Waals surface area contributed by atoms with Crippen molar-refractivity contribution >= 4 is 30.1 Å². The third kappa shape index (κ3) is 6.07. The molecule has 8 heteroatoms. The first-order valence-electron chi connectivity index (χ1n) is 11.1. The van der Waals surface area contributed by atoms with Gasteiger partial charge >= 0.3 is 0 Å². The molecular formula is C21H37ClN4O3. The molecule has 3 aliphatic rings. The molecule has 166 valence electrons. The average Bonchev–Trinajstić information content (AvgIpc) is 3.36. The van der Waals surface area contributed by atoms with E-state index in [0.717, 1.165) is 51.6 Å². The lowest BCUT2D eigenvalue weighted by Gasteiger charge is -2.34. The van der Waals surface area contributed by atoms with Crippen molar-refractivity contribution < 1.29 is 14.4 Å². The Labute approximate surface area is 180 Å².